The van der Waals surface area contributed by atoms with Crippen LogP contribution < -0.4 is 0 Å². The summed E-state index contributed by atoms with van der Waals surface area (Å²) in [5, 5.41) is 0. The van der Waals surface area contributed by atoms with Crippen LogP contribution in [0, 0.1) is 0 Å². The summed E-state index contributed by atoms with van der Waals surface area (Å²) in [6.07, 6.45) is 0.708. The Morgan fingerprint density at radius 1 is 1.19 bits per heavy atom. The van der Waals surface area contributed by atoms with Gasteiger partial charge in [0.2, 0.25) is 0 Å². The molecule has 0 rings (SSSR count). The highest BCUT2D eigenvalue weighted by atomic mass is 16.6. The molecule has 4 heteroatoms. The van der Waals surface area contributed by atoms with Crippen LogP contribution >= 0.6 is 0 Å². The molecule has 0 spiro atoms. The minimum absolute atomic E-state index is 0.0752. The molecule has 0 heterocycles. The fourth-order valence-corrected chi connectivity index (χ4v) is 0.669. The first kappa shape index (κ1) is 14.2. The number of hydrogen-bond donors (Lipinski definition) is 0. The van der Waals surface area contributed by atoms with E-state index in [1.807, 2.05) is 0 Å². The van der Waals surface area contributed by atoms with Crippen molar-refractivity contribution in [2.75, 3.05) is 6.61 Å². The van der Waals surface area contributed by atoms with Crippen LogP contribution in [-0.4, -0.2) is 24.6 Å². The van der Waals surface area contributed by atoms with Crippen molar-refractivity contribution < 1.29 is 19.1 Å². The largest absolute Gasteiger partial charge is 0.458 e. The third-order valence-electron chi connectivity index (χ3n) is 1.60. The highest BCUT2D eigenvalue weighted by Gasteiger charge is 2.14. The lowest BCUT2D eigenvalue weighted by atomic mass is 10.3. The maximum atomic E-state index is 11.2. The van der Waals surface area contributed by atoms with Gasteiger partial charge in [-0.3, -0.25) is 0 Å². The van der Waals surface area contributed by atoms with Crippen LogP contribution in [0.2, 0.25) is 0 Å². The van der Waals surface area contributed by atoms with E-state index in [1.165, 1.54) is 19.9 Å². The molecule has 0 N–H and O–H groups in total. The van der Waals surface area contributed by atoms with Gasteiger partial charge in [-0.25, -0.2) is 9.59 Å². The van der Waals surface area contributed by atoms with E-state index >= 15 is 0 Å². The predicted molar refractivity (Wildman–Crippen MR) is 60.7 cm³/mol. The van der Waals surface area contributed by atoms with E-state index in [1.54, 1.807) is 0 Å². The molecule has 0 aliphatic rings. The molecule has 16 heavy (non-hydrogen) atoms. The first-order chi connectivity index (χ1) is 7.38. The van der Waals surface area contributed by atoms with Crippen molar-refractivity contribution in [1.29, 1.82) is 0 Å². The van der Waals surface area contributed by atoms with Gasteiger partial charge < -0.3 is 9.47 Å². The van der Waals surface area contributed by atoms with E-state index in [4.69, 9.17) is 9.47 Å². The molecule has 0 aromatic carbocycles. The Morgan fingerprint density at radius 3 is 2.06 bits per heavy atom. The van der Waals surface area contributed by atoms with E-state index in [-0.39, 0.29) is 17.8 Å². The molecule has 88 valence electrons. The van der Waals surface area contributed by atoms with Crippen LogP contribution in [0.5, 0.6) is 0 Å². The Bertz CT molecular complexity index is 328. The molecule has 0 radical (unpaired) electrons. The second kappa shape index (κ2) is 6.61. The topological polar surface area (TPSA) is 52.6 Å². The number of carbonyl (C=O) groups excluding carboxylic acids is 2. The van der Waals surface area contributed by atoms with Crippen molar-refractivity contribution in [3.05, 3.63) is 37.0 Å². The molecule has 1 atom stereocenters. The molecular formula is C12H16O4. The first-order valence-corrected chi connectivity index (χ1v) is 4.70. The van der Waals surface area contributed by atoms with Gasteiger partial charge in [-0.2, -0.15) is 0 Å². The standard InChI is InChI=1S/C12H16O4/c1-6-10(16-12(14)9(4)5)7-15-11(13)8(2)3/h6,10H,1-2,4,7H2,3,5H3. The zero-order valence-electron chi connectivity index (χ0n) is 9.62. The summed E-state index contributed by atoms with van der Waals surface area (Å²) in [7, 11) is 0. The molecule has 0 saturated heterocycles. The molecule has 0 aromatic heterocycles. The van der Waals surface area contributed by atoms with Gasteiger partial charge in [0.25, 0.3) is 0 Å². The van der Waals surface area contributed by atoms with Crippen LogP contribution in [0.3, 0.4) is 0 Å². The summed E-state index contributed by atoms with van der Waals surface area (Å²) in [5.74, 6) is -1.07. The van der Waals surface area contributed by atoms with E-state index in [0.29, 0.717) is 0 Å². The Hall–Kier alpha value is -1.84. The van der Waals surface area contributed by atoms with Crippen LogP contribution in [0.25, 0.3) is 0 Å². The van der Waals surface area contributed by atoms with Crippen molar-refractivity contribution in [2.45, 2.75) is 20.0 Å². The van der Waals surface area contributed by atoms with Crippen molar-refractivity contribution in [3.63, 3.8) is 0 Å². The van der Waals surface area contributed by atoms with Crippen molar-refractivity contribution >= 4 is 11.9 Å². The molecule has 0 bridgehead atoms. The van der Waals surface area contributed by atoms with E-state index < -0.39 is 18.0 Å². The highest BCUT2D eigenvalue weighted by molar-refractivity contribution is 5.87. The highest BCUT2D eigenvalue weighted by Crippen LogP contribution is 2.02. The molecule has 0 aliphatic heterocycles. The zero-order valence-corrected chi connectivity index (χ0v) is 9.62. The van der Waals surface area contributed by atoms with E-state index in [2.05, 4.69) is 19.7 Å². The SMILES string of the molecule is C=CC(COC(=O)C(=C)C)OC(=O)C(=C)C. The molecule has 0 fully saturated rings. The van der Waals surface area contributed by atoms with Crippen molar-refractivity contribution in [2.24, 2.45) is 0 Å². The van der Waals surface area contributed by atoms with Gasteiger partial charge in [0.05, 0.1) is 0 Å². The third-order valence-corrected chi connectivity index (χ3v) is 1.60. The smallest absolute Gasteiger partial charge is 0.333 e. The summed E-state index contributed by atoms with van der Waals surface area (Å²) in [5.41, 5.74) is 0.562. The Labute approximate surface area is 95.2 Å². The zero-order chi connectivity index (χ0) is 12.7. The molecular weight excluding hydrogens is 208 g/mol. The van der Waals surface area contributed by atoms with Crippen molar-refractivity contribution in [3.8, 4) is 0 Å². The fraction of sp³-hybridized carbons (Fsp3) is 0.333. The van der Waals surface area contributed by atoms with Gasteiger partial charge in [-0.15, -0.1) is 0 Å². The van der Waals surface area contributed by atoms with Gasteiger partial charge in [-0.1, -0.05) is 19.7 Å². The van der Waals surface area contributed by atoms with Crippen molar-refractivity contribution in [1.82, 2.24) is 0 Å². The Kier molecular flexibility index (Phi) is 5.85. The van der Waals surface area contributed by atoms with Crippen LogP contribution in [0.4, 0.5) is 0 Å². The third kappa shape index (κ3) is 5.14. The minimum Gasteiger partial charge on any atom is -0.458 e. The lowest BCUT2D eigenvalue weighted by molar-refractivity contribution is -0.151. The average molecular weight is 224 g/mol. The first-order valence-electron chi connectivity index (χ1n) is 4.70. The summed E-state index contributed by atoms with van der Waals surface area (Å²) in [6, 6.07) is 0. The number of rotatable bonds is 6. The molecule has 1 unspecified atom stereocenters. The summed E-state index contributed by atoms with van der Waals surface area (Å²) in [4.78, 5) is 22.2. The Morgan fingerprint density at radius 2 is 1.69 bits per heavy atom. The molecule has 0 aliphatic carbocycles. The fourth-order valence-electron chi connectivity index (χ4n) is 0.669. The lowest BCUT2D eigenvalue weighted by Gasteiger charge is -2.14. The van der Waals surface area contributed by atoms with Gasteiger partial charge in [0, 0.05) is 11.1 Å². The quantitative estimate of drug-likeness (QED) is 0.392. The second-order valence-corrected chi connectivity index (χ2v) is 3.34. The maximum Gasteiger partial charge on any atom is 0.333 e. The number of esters is 2. The lowest BCUT2D eigenvalue weighted by Crippen LogP contribution is -2.23. The van der Waals surface area contributed by atoms with Crippen LogP contribution in [-0.2, 0) is 19.1 Å². The average Bonchev–Trinajstić information content (AvgIpc) is 2.22. The predicted octanol–water partition coefficient (Wildman–Crippen LogP) is 1.78. The monoisotopic (exact) mass is 224 g/mol. The number of ether oxygens (including phenoxy) is 2. The summed E-state index contributed by atoms with van der Waals surface area (Å²) in [6.45, 7) is 13.3. The normalized spacial score (nSPS) is 11.1. The van der Waals surface area contributed by atoms with Gasteiger partial charge in [0.15, 0.2) is 6.10 Å². The van der Waals surface area contributed by atoms with Gasteiger partial charge in [0.1, 0.15) is 6.61 Å². The molecule has 0 aromatic rings. The maximum absolute atomic E-state index is 11.2. The summed E-state index contributed by atoms with van der Waals surface area (Å²) < 4.78 is 9.75. The van der Waals surface area contributed by atoms with Gasteiger partial charge >= 0.3 is 11.9 Å². The molecule has 0 amide bonds. The van der Waals surface area contributed by atoms with E-state index in [0.717, 1.165) is 0 Å². The Balaban J connectivity index is 4.17. The van der Waals surface area contributed by atoms with E-state index in [9.17, 15) is 9.59 Å². The van der Waals surface area contributed by atoms with Crippen LogP contribution in [0.1, 0.15) is 13.8 Å². The molecule has 4 nitrogen and oxygen atoms in total. The van der Waals surface area contributed by atoms with Crippen LogP contribution in [0.15, 0.2) is 37.0 Å². The molecule has 0 saturated carbocycles. The minimum atomic E-state index is -0.674. The number of hydrogen-bond acceptors (Lipinski definition) is 4. The second-order valence-electron chi connectivity index (χ2n) is 3.34. The summed E-state index contributed by atoms with van der Waals surface area (Å²) >= 11 is 0. The van der Waals surface area contributed by atoms with Gasteiger partial charge in [-0.05, 0) is 19.9 Å². The number of carbonyl (C=O) groups is 2.